The molecule has 1 heterocycles. The molecule has 0 saturated carbocycles. The van der Waals surface area contributed by atoms with Crippen molar-refractivity contribution in [3.63, 3.8) is 0 Å². The first-order valence-electron chi connectivity index (χ1n) is 7.38. The van der Waals surface area contributed by atoms with Gasteiger partial charge in [-0.05, 0) is 44.5 Å². The molecule has 0 spiro atoms. The smallest absolute Gasteiger partial charge is 0.120 e. The lowest BCUT2D eigenvalue weighted by Gasteiger charge is -2.11. The summed E-state index contributed by atoms with van der Waals surface area (Å²) < 4.78 is 8.08. The molecule has 0 amide bonds. The Labute approximate surface area is 121 Å². The van der Waals surface area contributed by atoms with Crippen molar-refractivity contribution in [2.75, 3.05) is 0 Å². The summed E-state index contributed by atoms with van der Waals surface area (Å²) in [5, 5.41) is 4.80. The van der Waals surface area contributed by atoms with E-state index in [2.05, 4.69) is 69.7 Å². The summed E-state index contributed by atoms with van der Waals surface area (Å²) in [6, 6.07) is 6.86. The minimum absolute atomic E-state index is 0.203. The minimum atomic E-state index is 0.203. The van der Waals surface area contributed by atoms with Crippen LogP contribution in [-0.4, -0.2) is 16.7 Å². The lowest BCUT2D eigenvalue weighted by molar-refractivity contribution is 0.243. The van der Waals surface area contributed by atoms with Gasteiger partial charge in [-0.25, -0.2) is 0 Å². The van der Waals surface area contributed by atoms with Gasteiger partial charge in [0, 0.05) is 36.2 Å². The van der Waals surface area contributed by atoms with Gasteiger partial charge in [0.05, 0.1) is 6.10 Å². The van der Waals surface area contributed by atoms with E-state index in [0.29, 0.717) is 6.04 Å². The van der Waals surface area contributed by atoms with Crippen molar-refractivity contribution < 1.29 is 4.74 Å². The molecule has 0 atom stereocenters. The van der Waals surface area contributed by atoms with E-state index >= 15 is 0 Å². The average Bonchev–Trinajstić information content (AvgIpc) is 2.59. The van der Waals surface area contributed by atoms with Crippen molar-refractivity contribution in [1.29, 1.82) is 0 Å². The number of hydrogen-bond donors (Lipinski definition) is 1. The second-order valence-electron chi connectivity index (χ2n) is 6.00. The highest BCUT2D eigenvalue weighted by molar-refractivity contribution is 5.86. The third-order valence-corrected chi connectivity index (χ3v) is 3.65. The lowest BCUT2D eigenvalue weighted by Crippen LogP contribution is -2.22. The molecule has 2 rings (SSSR count). The number of rotatable bonds is 5. The molecule has 20 heavy (non-hydrogen) atoms. The van der Waals surface area contributed by atoms with Crippen LogP contribution in [0.2, 0.25) is 0 Å². The quantitative estimate of drug-likeness (QED) is 0.898. The molecule has 3 nitrogen and oxygen atoms in total. The summed E-state index contributed by atoms with van der Waals surface area (Å²) in [6.45, 7) is 11.5. The Balaban J connectivity index is 2.45. The van der Waals surface area contributed by atoms with Crippen LogP contribution >= 0.6 is 0 Å². The number of nitrogens with zero attached hydrogens (tertiary/aromatic N) is 1. The predicted octanol–water partition coefficient (Wildman–Crippen LogP) is 3.77. The third kappa shape index (κ3) is 2.98. The van der Waals surface area contributed by atoms with Crippen LogP contribution in [0.25, 0.3) is 10.9 Å². The zero-order valence-corrected chi connectivity index (χ0v) is 13.4. The highest BCUT2D eigenvalue weighted by atomic mass is 16.5. The van der Waals surface area contributed by atoms with Crippen LogP contribution in [0.5, 0.6) is 5.75 Å². The number of hydrogen-bond acceptors (Lipinski definition) is 2. The maximum Gasteiger partial charge on any atom is 0.120 e. The monoisotopic (exact) mass is 274 g/mol. The lowest BCUT2D eigenvalue weighted by atomic mass is 10.1. The first kappa shape index (κ1) is 14.9. The normalized spacial score (nSPS) is 11.8. The number of aryl methyl sites for hydroxylation is 1. The second-order valence-corrected chi connectivity index (χ2v) is 6.00. The molecular weight excluding hydrogens is 248 g/mol. The largest absolute Gasteiger partial charge is 0.491 e. The summed E-state index contributed by atoms with van der Waals surface area (Å²) in [6.07, 6.45) is 0.203. The Bertz CT molecular complexity index is 597. The molecule has 1 aromatic carbocycles. The van der Waals surface area contributed by atoms with Crippen LogP contribution < -0.4 is 10.1 Å². The molecule has 0 aliphatic carbocycles. The number of fused-ring (bicyclic) bond motifs is 1. The molecule has 3 heteroatoms. The maximum absolute atomic E-state index is 5.82. The number of nitrogens with one attached hydrogen (secondary N) is 1. The summed E-state index contributed by atoms with van der Waals surface area (Å²) in [5.41, 5.74) is 3.94. The van der Waals surface area contributed by atoms with Gasteiger partial charge < -0.3 is 14.6 Å². The summed E-state index contributed by atoms with van der Waals surface area (Å²) in [4.78, 5) is 0. The van der Waals surface area contributed by atoms with Crippen LogP contribution in [0, 0.1) is 6.92 Å². The molecule has 0 saturated heterocycles. The standard InChI is InChI=1S/C17H26N2O/c1-11(2)18-10-16-13(5)19(6)17-8-7-14(9-15(16)17)20-12(3)4/h7-9,11-12,18H,10H2,1-6H3. The topological polar surface area (TPSA) is 26.2 Å². The molecule has 0 aliphatic heterocycles. The van der Waals surface area contributed by atoms with Crippen molar-refractivity contribution in [1.82, 2.24) is 9.88 Å². The zero-order chi connectivity index (χ0) is 14.9. The highest BCUT2D eigenvalue weighted by Gasteiger charge is 2.13. The van der Waals surface area contributed by atoms with Gasteiger partial charge in [-0.15, -0.1) is 0 Å². The first-order chi connectivity index (χ1) is 9.40. The van der Waals surface area contributed by atoms with Gasteiger partial charge in [-0.1, -0.05) is 13.8 Å². The van der Waals surface area contributed by atoms with Crippen molar-refractivity contribution in [2.45, 2.75) is 53.3 Å². The molecule has 110 valence electrons. The Morgan fingerprint density at radius 1 is 1.20 bits per heavy atom. The van der Waals surface area contributed by atoms with Crippen LogP contribution in [0.3, 0.4) is 0 Å². The third-order valence-electron chi connectivity index (χ3n) is 3.65. The van der Waals surface area contributed by atoms with Crippen LogP contribution in [-0.2, 0) is 13.6 Å². The van der Waals surface area contributed by atoms with E-state index in [1.807, 2.05) is 0 Å². The number of ether oxygens (including phenoxy) is 1. The van der Waals surface area contributed by atoms with Crippen LogP contribution in [0.4, 0.5) is 0 Å². The zero-order valence-electron chi connectivity index (χ0n) is 13.4. The van der Waals surface area contributed by atoms with Crippen LogP contribution in [0.15, 0.2) is 18.2 Å². The van der Waals surface area contributed by atoms with Gasteiger partial charge in [-0.2, -0.15) is 0 Å². The number of aromatic nitrogens is 1. The van der Waals surface area contributed by atoms with Gasteiger partial charge in [0.15, 0.2) is 0 Å². The molecule has 1 N–H and O–H groups in total. The highest BCUT2D eigenvalue weighted by Crippen LogP contribution is 2.29. The van der Waals surface area contributed by atoms with Crippen molar-refractivity contribution in [2.24, 2.45) is 7.05 Å². The minimum Gasteiger partial charge on any atom is -0.491 e. The Hall–Kier alpha value is -1.48. The van der Waals surface area contributed by atoms with E-state index in [1.165, 1.54) is 22.2 Å². The van der Waals surface area contributed by atoms with Gasteiger partial charge in [0.1, 0.15) is 5.75 Å². The summed E-state index contributed by atoms with van der Waals surface area (Å²) in [7, 11) is 2.12. The molecule has 0 bridgehead atoms. The van der Waals surface area contributed by atoms with E-state index in [9.17, 15) is 0 Å². The van der Waals surface area contributed by atoms with Crippen molar-refractivity contribution in [3.05, 3.63) is 29.5 Å². The van der Waals surface area contributed by atoms with E-state index in [1.54, 1.807) is 0 Å². The molecule has 2 aromatic rings. The molecule has 0 aliphatic rings. The first-order valence-corrected chi connectivity index (χ1v) is 7.38. The van der Waals surface area contributed by atoms with Gasteiger partial charge in [-0.3, -0.25) is 0 Å². The Morgan fingerprint density at radius 3 is 2.50 bits per heavy atom. The molecule has 0 radical (unpaired) electrons. The molecule has 1 aromatic heterocycles. The fourth-order valence-corrected chi connectivity index (χ4v) is 2.50. The molecule has 0 fully saturated rings. The SMILES string of the molecule is Cc1c(CNC(C)C)c2cc(OC(C)C)ccc2n1C. The molecular formula is C17H26N2O. The van der Waals surface area contributed by atoms with Crippen molar-refractivity contribution >= 4 is 10.9 Å². The second kappa shape index (κ2) is 5.88. The number of benzene rings is 1. The van der Waals surface area contributed by atoms with Gasteiger partial charge >= 0.3 is 0 Å². The van der Waals surface area contributed by atoms with Gasteiger partial charge in [0.2, 0.25) is 0 Å². The van der Waals surface area contributed by atoms with E-state index in [4.69, 9.17) is 4.74 Å². The molecule has 0 unspecified atom stereocenters. The van der Waals surface area contributed by atoms with E-state index in [-0.39, 0.29) is 6.10 Å². The Kier molecular flexibility index (Phi) is 4.39. The van der Waals surface area contributed by atoms with Crippen molar-refractivity contribution in [3.8, 4) is 5.75 Å². The van der Waals surface area contributed by atoms with Gasteiger partial charge in [0.25, 0.3) is 0 Å². The van der Waals surface area contributed by atoms with E-state index < -0.39 is 0 Å². The average molecular weight is 274 g/mol. The van der Waals surface area contributed by atoms with Crippen LogP contribution in [0.1, 0.15) is 39.0 Å². The Morgan fingerprint density at radius 2 is 1.90 bits per heavy atom. The van der Waals surface area contributed by atoms with E-state index in [0.717, 1.165) is 12.3 Å². The fourth-order valence-electron chi connectivity index (χ4n) is 2.50. The predicted molar refractivity (Wildman–Crippen MR) is 85.4 cm³/mol. The summed E-state index contributed by atoms with van der Waals surface area (Å²) in [5.74, 6) is 0.948. The maximum atomic E-state index is 5.82. The fraction of sp³-hybridized carbons (Fsp3) is 0.529. The summed E-state index contributed by atoms with van der Waals surface area (Å²) >= 11 is 0.